The van der Waals surface area contributed by atoms with Gasteiger partial charge in [-0.15, -0.1) is 0 Å². The van der Waals surface area contributed by atoms with Crippen LogP contribution in [0.5, 0.6) is 0 Å². The van der Waals surface area contributed by atoms with Crippen LogP contribution in [0.3, 0.4) is 0 Å². The lowest BCUT2D eigenvalue weighted by Crippen LogP contribution is -2.29. The number of rotatable bonds is 4. The Morgan fingerprint density at radius 1 is 1.40 bits per heavy atom. The average Bonchev–Trinajstić information content (AvgIpc) is 3.06. The van der Waals surface area contributed by atoms with Crippen LogP contribution in [0.2, 0.25) is 0 Å². The number of hydrogen-bond acceptors (Lipinski definition) is 4. The molecule has 2 heterocycles. The van der Waals surface area contributed by atoms with Gasteiger partial charge in [-0.05, 0) is 37.5 Å². The molecule has 1 aliphatic heterocycles. The third-order valence-corrected chi connectivity index (χ3v) is 4.59. The van der Waals surface area contributed by atoms with Crippen molar-refractivity contribution in [3.63, 3.8) is 0 Å². The lowest BCUT2D eigenvalue weighted by Gasteiger charge is -2.14. The Kier molecular flexibility index (Phi) is 3.87. The molecule has 106 valence electrons. The SMILES string of the molecule is Cc1ccc2nc(NCCC(=O)N3CCCC3)sc2c1. The molecule has 0 radical (unpaired) electrons. The van der Waals surface area contributed by atoms with Gasteiger partial charge in [-0.25, -0.2) is 4.98 Å². The molecule has 1 aromatic carbocycles. The number of aromatic nitrogens is 1. The van der Waals surface area contributed by atoms with Crippen LogP contribution in [0.1, 0.15) is 24.8 Å². The molecule has 1 fully saturated rings. The summed E-state index contributed by atoms with van der Waals surface area (Å²) in [5.41, 5.74) is 2.27. The fourth-order valence-electron chi connectivity index (χ4n) is 2.51. The molecule has 3 rings (SSSR count). The van der Waals surface area contributed by atoms with Crippen LogP contribution in [0.15, 0.2) is 18.2 Å². The highest BCUT2D eigenvalue weighted by Gasteiger charge is 2.17. The van der Waals surface area contributed by atoms with Crippen molar-refractivity contribution in [3.8, 4) is 0 Å². The van der Waals surface area contributed by atoms with Gasteiger partial charge in [-0.2, -0.15) is 0 Å². The van der Waals surface area contributed by atoms with Crippen molar-refractivity contribution in [2.24, 2.45) is 0 Å². The first-order valence-corrected chi connectivity index (χ1v) is 7.93. The summed E-state index contributed by atoms with van der Waals surface area (Å²) in [6.45, 7) is 4.60. The van der Waals surface area contributed by atoms with E-state index in [0.717, 1.165) is 36.6 Å². The predicted octanol–water partition coefficient (Wildman–Crippen LogP) is 3.03. The number of anilines is 1. The summed E-state index contributed by atoms with van der Waals surface area (Å²) in [7, 11) is 0. The molecule has 0 bridgehead atoms. The van der Waals surface area contributed by atoms with Gasteiger partial charge in [0.25, 0.3) is 0 Å². The van der Waals surface area contributed by atoms with Gasteiger partial charge in [0.05, 0.1) is 10.2 Å². The third kappa shape index (κ3) is 2.93. The minimum atomic E-state index is 0.256. The normalized spacial score (nSPS) is 14.9. The Hall–Kier alpha value is -1.62. The summed E-state index contributed by atoms with van der Waals surface area (Å²) in [6.07, 6.45) is 2.85. The Morgan fingerprint density at radius 3 is 3.00 bits per heavy atom. The molecule has 5 heteroatoms. The molecule has 0 unspecified atom stereocenters. The second-order valence-corrected chi connectivity index (χ2v) is 6.29. The van der Waals surface area contributed by atoms with Crippen LogP contribution in [-0.2, 0) is 4.79 Å². The maximum atomic E-state index is 11.9. The van der Waals surface area contributed by atoms with Gasteiger partial charge >= 0.3 is 0 Å². The monoisotopic (exact) mass is 289 g/mol. The van der Waals surface area contributed by atoms with E-state index in [4.69, 9.17) is 0 Å². The third-order valence-electron chi connectivity index (χ3n) is 3.62. The van der Waals surface area contributed by atoms with Crippen molar-refractivity contribution in [2.75, 3.05) is 25.0 Å². The second-order valence-electron chi connectivity index (χ2n) is 5.25. The largest absolute Gasteiger partial charge is 0.361 e. The van der Waals surface area contributed by atoms with E-state index < -0.39 is 0 Å². The predicted molar refractivity (Wildman–Crippen MR) is 83.3 cm³/mol. The van der Waals surface area contributed by atoms with Gasteiger partial charge in [0.2, 0.25) is 5.91 Å². The van der Waals surface area contributed by atoms with Crippen molar-refractivity contribution in [2.45, 2.75) is 26.2 Å². The maximum Gasteiger partial charge on any atom is 0.224 e. The topological polar surface area (TPSA) is 45.2 Å². The fourth-order valence-corrected chi connectivity index (χ4v) is 3.50. The Balaban J connectivity index is 1.55. The van der Waals surface area contributed by atoms with Crippen molar-refractivity contribution in [3.05, 3.63) is 23.8 Å². The zero-order chi connectivity index (χ0) is 13.9. The minimum Gasteiger partial charge on any atom is -0.361 e. The van der Waals surface area contributed by atoms with Crippen molar-refractivity contribution >= 4 is 32.6 Å². The molecule has 1 aliphatic rings. The summed E-state index contributed by atoms with van der Waals surface area (Å²) in [4.78, 5) is 18.4. The molecule has 0 saturated carbocycles. The molecule has 0 aliphatic carbocycles. The number of benzene rings is 1. The Bertz CT molecular complexity index is 617. The lowest BCUT2D eigenvalue weighted by atomic mass is 10.2. The van der Waals surface area contributed by atoms with E-state index in [0.29, 0.717) is 13.0 Å². The van der Waals surface area contributed by atoms with E-state index in [1.54, 1.807) is 11.3 Å². The number of nitrogens with one attached hydrogen (secondary N) is 1. The van der Waals surface area contributed by atoms with E-state index in [-0.39, 0.29) is 5.91 Å². The molecule has 1 aromatic heterocycles. The van der Waals surface area contributed by atoms with Crippen molar-refractivity contribution in [1.29, 1.82) is 0 Å². The average molecular weight is 289 g/mol. The standard InChI is InChI=1S/C15H19N3OS/c1-11-4-5-12-13(10-11)20-15(17-12)16-7-6-14(19)18-8-2-3-9-18/h4-5,10H,2-3,6-9H2,1H3,(H,16,17). The van der Waals surface area contributed by atoms with Crippen LogP contribution in [-0.4, -0.2) is 35.4 Å². The van der Waals surface area contributed by atoms with Gasteiger partial charge < -0.3 is 10.2 Å². The van der Waals surface area contributed by atoms with Crippen molar-refractivity contribution < 1.29 is 4.79 Å². The first kappa shape index (κ1) is 13.4. The summed E-state index contributed by atoms with van der Waals surface area (Å²) in [5, 5.41) is 4.17. The van der Waals surface area contributed by atoms with Crippen LogP contribution in [0, 0.1) is 6.92 Å². The number of hydrogen-bond donors (Lipinski definition) is 1. The molecule has 4 nitrogen and oxygen atoms in total. The molecule has 0 spiro atoms. The number of carbonyl (C=O) groups is 1. The van der Waals surface area contributed by atoms with Crippen LogP contribution in [0.25, 0.3) is 10.2 Å². The quantitative estimate of drug-likeness (QED) is 0.941. The van der Waals surface area contributed by atoms with E-state index in [1.807, 2.05) is 11.0 Å². The summed E-state index contributed by atoms with van der Waals surface area (Å²) >= 11 is 1.65. The maximum absolute atomic E-state index is 11.9. The van der Waals surface area contributed by atoms with E-state index >= 15 is 0 Å². The number of amides is 1. The number of carbonyl (C=O) groups excluding carboxylic acids is 1. The van der Waals surface area contributed by atoms with E-state index in [2.05, 4.69) is 29.4 Å². The number of thiazole rings is 1. The molecule has 2 aromatic rings. The summed E-state index contributed by atoms with van der Waals surface area (Å²) in [5.74, 6) is 0.256. The number of aryl methyl sites for hydroxylation is 1. The van der Waals surface area contributed by atoms with Crippen LogP contribution in [0.4, 0.5) is 5.13 Å². The molecule has 1 saturated heterocycles. The molecule has 0 atom stereocenters. The van der Waals surface area contributed by atoms with Gasteiger partial charge in [0, 0.05) is 26.1 Å². The van der Waals surface area contributed by atoms with Gasteiger partial charge in [0.1, 0.15) is 0 Å². The van der Waals surface area contributed by atoms with Gasteiger partial charge in [-0.1, -0.05) is 17.4 Å². The Labute approximate surface area is 122 Å². The molecule has 1 N–H and O–H groups in total. The molecular weight excluding hydrogens is 270 g/mol. The minimum absolute atomic E-state index is 0.256. The van der Waals surface area contributed by atoms with Crippen molar-refractivity contribution in [1.82, 2.24) is 9.88 Å². The summed E-state index contributed by atoms with van der Waals surface area (Å²) < 4.78 is 1.19. The summed E-state index contributed by atoms with van der Waals surface area (Å²) in [6, 6.07) is 6.26. The number of nitrogens with zero attached hydrogens (tertiary/aromatic N) is 2. The van der Waals surface area contributed by atoms with Crippen LogP contribution >= 0.6 is 11.3 Å². The zero-order valence-electron chi connectivity index (χ0n) is 11.7. The fraction of sp³-hybridized carbons (Fsp3) is 0.467. The Morgan fingerprint density at radius 2 is 2.20 bits per heavy atom. The lowest BCUT2D eigenvalue weighted by molar-refractivity contribution is -0.129. The highest BCUT2D eigenvalue weighted by molar-refractivity contribution is 7.22. The van der Waals surface area contributed by atoms with E-state index in [1.165, 1.54) is 10.3 Å². The first-order chi connectivity index (χ1) is 9.72. The highest BCUT2D eigenvalue weighted by atomic mass is 32.1. The molecular formula is C15H19N3OS. The smallest absolute Gasteiger partial charge is 0.224 e. The van der Waals surface area contributed by atoms with Crippen LogP contribution < -0.4 is 5.32 Å². The van der Waals surface area contributed by atoms with Gasteiger partial charge in [0.15, 0.2) is 5.13 Å². The second kappa shape index (κ2) is 5.79. The number of likely N-dealkylation sites (tertiary alicyclic amines) is 1. The van der Waals surface area contributed by atoms with E-state index in [9.17, 15) is 4.79 Å². The zero-order valence-corrected chi connectivity index (χ0v) is 12.5. The first-order valence-electron chi connectivity index (χ1n) is 7.11. The highest BCUT2D eigenvalue weighted by Crippen LogP contribution is 2.26. The molecule has 20 heavy (non-hydrogen) atoms. The number of fused-ring (bicyclic) bond motifs is 1. The molecule has 1 amide bonds. The van der Waals surface area contributed by atoms with Gasteiger partial charge in [-0.3, -0.25) is 4.79 Å².